The van der Waals surface area contributed by atoms with Gasteiger partial charge in [-0.05, 0) is 135 Å². The van der Waals surface area contributed by atoms with Crippen LogP contribution in [-0.2, 0) is 5.41 Å². The minimum Gasteiger partial charge on any atom is -0.309 e. The zero-order valence-corrected chi connectivity index (χ0v) is 33.6. The van der Waals surface area contributed by atoms with E-state index < -0.39 is 0 Å². The predicted molar refractivity (Wildman–Crippen MR) is 241 cm³/mol. The van der Waals surface area contributed by atoms with Crippen LogP contribution < -0.4 is 4.90 Å². The summed E-state index contributed by atoms with van der Waals surface area (Å²) in [4.78, 5) is 2.63. The molecule has 7 aromatic carbocycles. The summed E-state index contributed by atoms with van der Waals surface area (Å²) < 4.78 is 0. The largest absolute Gasteiger partial charge is 0.309 e. The lowest BCUT2D eigenvalue weighted by Gasteiger charge is -2.34. The highest BCUT2D eigenvalue weighted by Crippen LogP contribution is 2.58. The van der Waals surface area contributed by atoms with Gasteiger partial charge in [-0.1, -0.05) is 167 Å². The molecule has 0 amide bonds. The van der Waals surface area contributed by atoms with E-state index >= 15 is 0 Å². The predicted octanol–water partition coefficient (Wildman–Crippen LogP) is 15.9. The van der Waals surface area contributed by atoms with Gasteiger partial charge in [-0.3, -0.25) is 0 Å². The molecule has 0 saturated heterocycles. The first-order valence-electron chi connectivity index (χ1n) is 21.9. The summed E-state index contributed by atoms with van der Waals surface area (Å²) in [6.45, 7) is 4.89. The standard InChI is InChI=1S/C56H53N/c1-56(2)51-25-12-10-22-46(51)49-33-34-53(54(55(49)56)48-24-14-18-39-17-6-7-20-44(39)48)57(42-31-29-40(30-32-42)50-36-37-27-28-41(50)35-37)52-26-13-11-23-47(52)45-21-9-8-19-43(45)38-15-4-3-5-16-38/h6-14,17-26,29-34,37-38,41,50H,3-5,15-16,27-28,35-36H2,1-2H3. The SMILES string of the molecule is CC1(C)c2ccccc2-c2ccc(N(c3ccc(C4CC5CCC4C5)cc3)c3ccccc3-c3ccccc3C3CCCCC3)c(-c3cccc4ccccc34)c21. The molecular weight excluding hydrogens is 687 g/mol. The van der Waals surface area contributed by atoms with Crippen LogP contribution in [0.25, 0.3) is 44.2 Å². The number of fused-ring (bicyclic) bond motifs is 6. The zero-order chi connectivity index (χ0) is 38.1. The summed E-state index contributed by atoms with van der Waals surface area (Å²) >= 11 is 0. The molecular formula is C56H53N. The van der Waals surface area contributed by atoms with Crippen molar-refractivity contribution in [2.75, 3.05) is 4.90 Å². The summed E-state index contributed by atoms with van der Waals surface area (Å²) in [5, 5.41) is 2.57. The highest BCUT2D eigenvalue weighted by atomic mass is 15.1. The van der Waals surface area contributed by atoms with Gasteiger partial charge in [0.15, 0.2) is 0 Å². The number of benzene rings is 7. The van der Waals surface area contributed by atoms with Gasteiger partial charge in [-0.15, -0.1) is 0 Å². The van der Waals surface area contributed by atoms with Crippen molar-refractivity contribution in [3.8, 4) is 33.4 Å². The number of hydrogen-bond acceptors (Lipinski definition) is 1. The van der Waals surface area contributed by atoms with Gasteiger partial charge in [0, 0.05) is 22.2 Å². The maximum absolute atomic E-state index is 2.63. The van der Waals surface area contributed by atoms with E-state index in [2.05, 4.69) is 170 Å². The molecule has 0 N–H and O–H groups in total. The second-order valence-corrected chi connectivity index (χ2v) is 18.2. The molecule has 4 aliphatic rings. The van der Waals surface area contributed by atoms with E-state index in [9.17, 15) is 0 Å². The maximum atomic E-state index is 2.63. The van der Waals surface area contributed by atoms with Crippen LogP contribution in [0.3, 0.4) is 0 Å². The van der Waals surface area contributed by atoms with Crippen LogP contribution in [0.1, 0.15) is 106 Å². The number of nitrogens with zero attached hydrogens (tertiary/aromatic N) is 1. The van der Waals surface area contributed by atoms with Gasteiger partial charge in [0.2, 0.25) is 0 Å². The van der Waals surface area contributed by atoms with Crippen LogP contribution in [0.15, 0.2) is 152 Å². The fourth-order valence-electron chi connectivity index (χ4n) is 12.1. The Morgan fingerprint density at radius 1 is 0.509 bits per heavy atom. The molecule has 0 radical (unpaired) electrons. The van der Waals surface area contributed by atoms with Crippen molar-refractivity contribution in [3.63, 3.8) is 0 Å². The Morgan fingerprint density at radius 2 is 1.21 bits per heavy atom. The van der Waals surface area contributed by atoms with E-state index in [1.807, 2.05) is 0 Å². The van der Waals surface area contributed by atoms with E-state index in [0.29, 0.717) is 11.8 Å². The van der Waals surface area contributed by atoms with E-state index in [-0.39, 0.29) is 5.41 Å². The minimum absolute atomic E-state index is 0.196. The van der Waals surface area contributed by atoms with Crippen LogP contribution in [0.2, 0.25) is 0 Å². The lowest BCUT2D eigenvalue weighted by atomic mass is 9.77. The molecule has 4 aliphatic carbocycles. The van der Waals surface area contributed by atoms with E-state index in [4.69, 9.17) is 0 Å². The van der Waals surface area contributed by atoms with E-state index in [0.717, 1.165) is 11.8 Å². The Bertz CT molecular complexity index is 2620. The van der Waals surface area contributed by atoms with Crippen LogP contribution in [0, 0.1) is 11.8 Å². The zero-order valence-electron chi connectivity index (χ0n) is 33.6. The molecule has 0 aliphatic heterocycles. The second-order valence-electron chi connectivity index (χ2n) is 18.2. The number of hydrogen-bond donors (Lipinski definition) is 0. The minimum atomic E-state index is -0.196. The molecule has 1 heteroatoms. The van der Waals surface area contributed by atoms with Gasteiger partial charge < -0.3 is 4.90 Å². The fourth-order valence-corrected chi connectivity index (χ4v) is 12.1. The van der Waals surface area contributed by atoms with Crippen molar-refractivity contribution in [1.29, 1.82) is 0 Å². The van der Waals surface area contributed by atoms with Crippen molar-refractivity contribution in [2.24, 2.45) is 11.8 Å². The van der Waals surface area contributed by atoms with Gasteiger partial charge >= 0.3 is 0 Å². The third kappa shape index (κ3) is 5.72. The van der Waals surface area contributed by atoms with Crippen molar-refractivity contribution >= 4 is 27.8 Å². The normalized spacial score (nSPS) is 20.8. The molecule has 0 aromatic heterocycles. The molecule has 7 aromatic rings. The monoisotopic (exact) mass is 739 g/mol. The summed E-state index contributed by atoms with van der Waals surface area (Å²) in [6.07, 6.45) is 12.2. The Labute approximate surface area is 339 Å². The molecule has 1 nitrogen and oxygen atoms in total. The quantitative estimate of drug-likeness (QED) is 0.157. The Morgan fingerprint density at radius 3 is 2.02 bits per heavy atom. The third-order valence-corrected chi connectivity index (χ3v) is 14.8. The highest BCUT2D eigenvalue weighted by Gasteiger charge is 2.41. The molecule has 3 unspecified atom stereocenters. The fraction of sp³-hybridized carbons (Fsp3) is 0.286. The third-order valence-electron chi connectivity index (χ3n) is 14.8. The van der Waals surface area contributed by atoms with Crippen molar-refractivity contribution in [3.05, 3.63) is 174 Å². The van der Waals surface area contributed by atoms with Crippen LogP contribution in [-0.4, -0.2) is 0 Å². The molecule has 0 heterocycles. The maximum Gasteiger partial charge on any atom is 0.0544 e. The average molecular weight is 740 g/mol. The van der Waals surface area contributed by atoms with Crippen molar-refractivity contribution in [1.82, 2.24) is 0 Å². The van der Waals surface area contributed by atoms with E-state index in [1.165, 1.54) is 141 Å². The van der Waals surface area contributed by atoms with Crippen LogP contribution in [0.4, 0.5) is 17.1 Å². The summed E-state index contributed by atoms with van der Waals surface area (Å²) in [6, 6.07) is 58.4. The van der Waals surface area contributed by atoms with Gasteiger partial charge in [0.05, 0.1) is 11.4 Å². The Kier molecular flexibility index (Phi) is 8.50. The van der Waals surface area contributed by atoms with Gasteiger partial charge in [0.25, 0.3) is 0 Å². The summed E-state index contributed by atoms with van der Waals surface area (Å²) in [5.74, 6) is 3.08. The number of anilines is 3. The molecule has 3 atom stereocenters. The Hall–Kier alpha value is -5.40. The average Bonchev–Trinajstić information content (AvgIpc) is 3.97. The molecule has 11 rings (SSSR count). The van der Waals surface area contributed by atoms with Crippen molar-refractivity contribution < 1.29 is 0 Å². The van der Waals surface area contributed by atoms with E-state index in [1.54, 1.807) is 0 Å². The summed E-state index contributed by atoms with van der Waals surface area (Å²) in [5.41, 5.74) is 17.4. The highest BCUT2D eigenvalue weighted by molar-refractivity contribution is 6.06. The van der Waals surface area contributed by atoms with Crippen molar-refractivity contribution in [2.45, 2.75) is 88.9 Å². The lowest BCUT2D eigenvalue weighted by molar-refractivity contribution is 0.420. The Balaban J connectivity index is 1.18. The molecule has 2 bridgehead atoms. The summed E-state index contributed by atoms with van der Waals surface area (Å²) in [7, 11) is 0. The van der Waals surface area contributed by atoms with Gasteiger partial charge in [-0.25, -0.2) is 0 Å². The smallest absolute Gasteiger partial charge is 0.0544 e. The second kappa shape index (κ2) is 13.9. The number of rotatable bonds is 7. The first kappa shape index (κ1) is 34.8. The molecule has 3 fully saturated rings. The molecule has 57 heavy (non-hydrogen) atoms. The molecule has 3 saturated carbocycles. The number of para-hydroxylation sites is 1. The topological polar surface area (TPSA) is 3.24 Å². The van der Waals surface area contributed by atoms with Gasteiger partial charge in [-0.2, -0.15) is 0 Å². The van der Waals surface area contributed by atoms with Gasteiger partial charge in [0.1, 0.15) is 0 Å². The molecule has 0 spiro atoms. The lowest BCUT2D eigenvalue weighted by Crippen LogP contribution is -2.19. The first-order chi connectivity index (χ1) is 28.0. The van der Waals surface area contributed by atoms with Crippen LogP contribution >= 0.6 is 0 Å². The molecule has 282 valence electrons. The van der Waals surface area contributed by atoms with Crippen LogP contribution in [0.5, 0.6) is 0 Å². The first-order valence-corrected chi connectivity index (χ1v) is 21.9.